The van der Waals surface area contributed by atoms with E-state index < -0.39 is 0 Å². The molecule has 1 amide bonds. The van der Waals surface area contributed by atoms with Crippen LogP contribution in [0, 0.1) is 5.92 Å². The van der Waals surface area contributed by atoms with Gasteiger partial charge in [-0.25, -0.2) is 0 Å². The first-order chi connectivity index (χ1) is 9.24. The van der Waals surface area contributed by atoms with Crippen LogP contribution < -0.4 is 15.8 Å². The predicted octanol–water partition coefficient (Wildman–Crippen LogP) is 1.95. The van der Waals surface area contributed by atoms with Crippen LogP contribution in [-0.4, -0.2) is 25.6 Å². The lowest BCUT2D eigenvalue weighted by atomic mass is 10.1. The van der Waals surface area contributed by atoms with Crippen LogP contribution >= 0.6 is 0 Å². The van der Waals surface area contributed by atoms with Gasteiger partial charge in [-0.3, -0.25) is 4.79 Å². The molecule has 4 heteroatoms. The monoisotopic (exact) mass is 264 g/mol. The van der Waals surface area contributed by atoms with E-state index in [0.29, 0.717) is 19.7 Å². The molecule has 0 bridgehead atoms. The van der Waals surface area contributed by atoms with Gasteiger partial charge in [0.05, 0.1) is 6.61 Å². The summed E-state index contributed by atoms with van der Waals surface area (Å²) in [7, 11) is 0. The maximum absolute atomic E-state index is 11.7. The van der Waals surface area contributed by atoms with E-state index in [9.17, 15) is 4.79 Å². The summed E-state index contributed by atoms with van der Waals surface area (Å²) in [4.78, 5) is 11.7. The van der Waals surface area contributed by atoms with Gasteiger partial charge in [0.2, 0.25) is 5.91 Å². The van der Waals surface area contributed by atoms with Crippen LogP contribution in [0.2, 0.25) is 0 Å². The minimum absolute atomic E-state index is 0.0404. The van der Waals surface area contributed by atoms with Crippen molar-refractivity contribution in [1.29, 1.82) is 0 Å². The second-order valence-corrected chi connectivity index (χ2v) is 4.64. The quantitative estimate of drug-likeness (QED) is 0.670. The van der Waals surface area contributed by atoms with Gasteiger partial charge in [0.25, 0.3) is 0 Å². The first kappa shape index (κ1) is 15.5. The molecule has 1 rings (SSSR count). The Kier molecular flexibility index (Phi) is 7.66. The zero-order valence-corrected chi connectivity index (χ0v) is 11.6. The molecule has 0 aliphatic heterocycles. The molecule has 0 fully saturated rings. The lowest BCUT2D eigenvalue weighted by Crippen LogP contribution is -2.31. The van der Waals surface area contributed by atoms with E-state index >= 15 is 0 Å². The van der Waals surface area contributed by atoms with Crippen molar-refractivity contribution < 1.29 is 9.53 Å². The third-order valence-electron chi connectivity index (χ3n) is 2.92. The van der Waals surface area contributed by atoms with Gasteiger partial charge >= 0.3 is 0 Å². The van der Waals surface area contributed by atoms with Gasteiger partial charge in [-0.05, 0) is 37.9 Å². The van der Waals surface area contributed by atoms with Crippen molar-refractivity contribution in [2.24, 2.45) is 11.7 Å². The van der Waals surface area contributed by atoms with Crippen LogP contribution in [0.25, 0.3) is 0 Å². The van der Waals surface area contributed by atoms with E-state index in [2.05, 4.69) is 5.32 Å². The molecular formula is C15H24N2O2. The third kappa shape index (κ3) is 6.82. The van der Waals surface area contributed by atoms with Crippen molar-refractivity contribution in [1.82, 2.24) is 5.32 Å². The molecule has 0 aromatic heterocycles. The molecule has 0 saturated heterocycles. The summed E-state index contributed by atoms with van der Waals surface area (Å²) in [5.41, 5.74) is 5.42. The summed E-state index contributed by atoms with van der Waals surface area (Å²) in [6.07, 6.45) is 2.55. The topological polar surface area (TPSA) is 64.4 Å². The molecule has 1 atom stereocenters. The van der Waals surface area contributed by atoms with Crippen LogP contribution in [0.4, 0.5) is 0 Å². The summed E-state index contributed by atoms with van der Waals surface area (Å²) < 4.78 is 5.55. The Morgan fingerprint density at radius 1 is 1.32 bits per heavy atom. The number of ether oxygens (including phenoxy) is 1. The van der Waals surface area contributed by atoms with Crippen molar-refractivity contribution in [2.45, 2.75) is 26.2 Å². The molecule has 1 aromatic rings. The van der Waals surface area contributed by atoms with E-state index in [4.69, 9.17) is 10.5 Å². The second-order valence-electron chi connectivity index (χ2n) is 4.64. The van der Waals surface area contributed by atoms with E-state index in [-0.39, 0.29) is 11.8 Å². The highest BCUT2D eigenvalue weighted by Gasteiger charge is 2.10. The number of carbonyl (C=O) groups excluding carboxylic acids is 1. The Hall–Kier alpha value is -1.55. The molecule has 0 radical (unpaired) electrons. The predicted molar refractivity (Wildman–Crippen MR) is 77.0 cm³/mol. The van der Waals surface area contributed by atoms with Gasteiger partial charge < -0.3 is 15.8 Å². The van der Waals surface area contributed by atoms with Crippen LogP contribution in [0.15, 0.2) is 30.3 Å². The number of amides is 1. The SMILES string of the molecule is CC(CCCN)C(=O)NCCCOc1ccccc1. The summed E-state index contributed by atoms with van der Waals surface area (Å²) in [5.74, 6) is 1.01. The summed E-state index contributed by atoms with van der Waals surface area (Å²) in [5, 5.41) is 2.92. The smallest absolute Gasteiger partial charge is 0.222 e. The van der Waals surface area contributed by atoms with Gasteiger partial charge in [0, 0.05) is 12.5 Å². The van der Waals surface area contributed by atoms with Crippen molar-refractivity contribution >= 4 is 5.91 Å². The fourth-order valence-electron chi connectivity index (χ4n) is 1.72. The van der Waals surface area contributed by atoms with Gasteiger partial charge in [-0.15, -0.1) is 0 Å². The standard InChI is InChI=1S/C15H24N2O2/c1-13(7-5-10-16)15(18)17-11-6-12-19-14-8-3-2-4-9-14/h2-4,8-9,13H,5-7,10-12,16H2,1H3,(H,17,18). The lowest BCUT2D eigenvalue weighted by Gasteiger charge is -2.11. The van der Waals surface area contributed by atoms with Crippen molar-refractivity contribution in [3.8, 4) is 5.75 Å². The zero-order valence-electron chi connectivity index (χ0n) is 11.6. The average Bonchev–Trinajstić information content (AvgIpc) is 2.45. The first-order valence-corrected chi connectivity index (χ1v) is 6.89. The fourth-order valence-corrected chi connectivity index (χ4v) is 1.72. The highest BCUT2D eigenvalue weighted by atomic mass is 16.5. The number of carbonyl (C=O) groups is 1. The van der Waals surface area contributed by atoms with Crippen LogP contribution in [0.1, 0.15) is 26.2 Å². The molecular weight excluding hydrogens is 240 g/mol. The van der Waals surface area contributed by atoms with Crippen molar-refractivity contribution in [2.75, 3.05) is 19.7 Å². The minimum atomic E-state index is 0.0404. The lowest BCUT2D eigenvalue weighted by molar-refractivity contribution is -0.124. The molecule has 0 aliphatic carbocycles. The van der Waals surface area contributed by atoms with Crippen LogP contribution in [0.3, 0.4) is 0 Å². The number of nitrogens with two attached hydrogens (primary N) is 1. The second kappa shape index (κ2) is 9.39. The Bertz CT molecular complexity index is 354. The highest BCUT2D eigenvalue weighted by Crippen LogP contribution is 2.08. The molecule has 0 heterocycles. The Balaban J connectivity index is 2.05. The van der Waals surface area contributed by atoms with E-state index in [0.717, 1.165) is 25.0 Å². The van der Waals surface area contributed by atoms with Gasteiger partial charge in [0.15, 0.2) is 0 Å². The number of hydrogen-bond donors (Lipinski definition) is 2. The third-order valence-corrected chi connectivity index (χ3v) is 2.92. The Morgan fingerprint density at radius 3 is 2.74 bits per heavy atom. The summed E-state index contributed by atoms with van der Waals surface area (Å²) >= 11 is 0. The minimum Gasteiger partial charge on any atom is -0.494 e. The average molecular weight is 264 g/mol. The van der Waals surface area contributed by atoms with Gasteiger partial charge in [0.1, 0.15) is 5.75 Å². The van der Waals surface area contributed by atoms with Crippen LogP contribution in [0.5, 0.6) is 5.75 Å². The normalized spacial score (nSPS) is 11.9. The zero-order chi connectivity index (χ0) is 13.9. The molecule has 0 spiro atoms. The molecule has 1 unspecified atom stereocenters. The molecule has 4 nitrogen and oxygen atoms in total. The molecule has 106 valence electrons. The Morgan fingerprint density at radius 2 is 2.05 bits per heavy atom. The van der Waals surface area contributed by atoms with Crippen LogP contribution in [-0.2, 0) is 4.79 Å². The summed E-state index contributed by atoms with van der Waals surface area (Å²) in [6, 6.07) is 9.68. The van der Waals surface area contributed by atoms with E-state index in [1.165, 1.54) is 0 Å². The number of rotatable bonds is 9. The molecule has 0 aliphatic rings. The molecule has 19 heavy (non-hydrogen) atoms. The molecule has 0 saturated carbocycles. The number of hydrogen-bond acceptors (Lipinski definition) is 3. The first-order valence-electron chi connectivity index (χ1n) is 6.89. The van der Waals surface area contributed by atoms with E-state index in [1.807, 2.05) is 37.3 Å². The maximum atomic E-state index is 11.7. The number of benzene rings is 1. The van der Waals surface area contributed by atoms with E-state index in [1.54, 1.807) is 0 Å². The van der Waals surface area contributed by atoms with Gasteiger partial charge in [-0.2, -0.15) is 0 Å². The van der Waals surface area contributed by atoms with Gasteiger partial charge in [-0.1, -0.05) is 25.1 Å². The van der Waals surface area contributed by atoms with Crippen molar-refractivity contribution in [3.63, 3.8) is 0 Å². The number of para-hydroxylation sites is 1. The highest BCUT2D eigenvalue weighted by molar-refractivity contribution is 5.78. The van der Waals surface area contributed by atoms with Crippen molar-refractivity contribution in [3.05, 3.63) is 30.3 Å². The number of nitrogens with one attached hydrogen (secondary N) is 1. The maximum Gasteiger partial charge on any atom is 0.222 e. The fraction of sp³-hybridized carbons (Fsp3) is 0.533. The largest absolute Gasteiger partial charge is 0.494 e. The summed E-state index contributed by atoms with van der Waals surface area (Å²) in [6.45, 7) is 3.84. The Labute approximate surface area is 115 Å². The molecule has 1 aromatic carbocycles. The molecule has 3 N–H and O–H groups in total.